The lowest BCUT2D eigenvalue weighted by molar-refractivity contribution is 0.219. The predicted molar refractivity (Wildman–Crippen MR) is 102 cm³/mol. The fourth-order valence-electron chi connectivity index (χ4n) is 3.41. The average molecular weight is 356 g/mol. The number of hydrogen-bond donors (Lipinski definition) is 1. The Balaban J connectivity index is 1.54. The molecule has 0 atom stereocenters. The molecule has 1 saturated heterocycles. The average Bonchev–Trinajstić information content (AvgIpc) is 3.22. The van der Waals surface area contributed by atoms with E-state index in [4.69, 9.17) is 0 Å². The highest BCUT2D eigenvalue weighted by molar-refractivity contribution is 7.10. The van der Waals surface area contributed by atoms with E-state index in [0.29, 0.717) is 0 Å². The van der Waals surface area contributed by atoms with Crippen molar-refractivity contribution in [3.8, 4) is 0 Å². The summed E-state index contributed by atoms with van der Waals surface area (Å²) >= 11 is 1.50. The smallest absolute Gasteiger partial charge is 0.180 e. The van der Waals surface area contributed by atoms with Gasteiger partial charge in [0.2, 0.25) is 0 Å². The summed E-state index contributed by atoms with van der Waals surface area (Å²) < 4.78 is 6.74. The van der Waals surface area contributed by atoms with Crippen LogP contribution in [-0.2, 0) is 13.0 Å². The Morgan fingerprint density at radius 3 is 2.88 bits per heavy atom. The molecule has 7 heteroatoms. The highest BCUT2D eigenvalue weighted by Gasteiger charge is 2.14. The summed E-state index contributed by atoms with van der Waals surface area (Å²) in [6, 6.07) is 2.14. The fourth-order valence-corrected chi connectivity index (χ4v) is 4.07. The molecule has 1 aliphatic rings. The molecule has 0 aliphatic carbocycles. The van der Waals surface area contributed by atoms with E-state index in [0.717, 1.165) is 40.8 Å². The molecule has 0 spiro atoms. The van der Waals surface area contributed by atoms with Crippen molar-refractivity contribution >= 4 is 28.0 Å². The number of nitrogens with zero attached hydrogens (tertiary/aromatic N) is 5. The maximum absolute atomic E-state index is 4.64. The number of nitrogens with one attached hydrogen (secondary N) is 1. The van der Waals surface area contributed by atoms with E-state index in [1.807, 2.05) is 19.3 Å². The largest absolute Gasteiger partial charge is 0.328 e. The summed E-state index contributed by atoms with van der Waals surface area (Å²) in [4.78, 5) is 11.7. The van der Waals surface area contributed by atoms with Crippen molar-refractivity contribution in [3.63, 3.8) is 0 Å². The number of anilines is 2. The van der Waals surface area contributed by atoms with Gasteiger partial charge in [0.25, 0.3) is 0 Å². The zero-order valence-electron chi connectivity index (χ0n) is 14.8. The molecular weight excluding hydrogens is 332 g/mol. The molecule has 3 aromatic heterocycles. The monoisotopic (exact) mass is 356 g/mol. The second-order valence-electron chi connectivity index (χ2n) is 6.67. The highest BCUT2D eigenvalue weighted by Crippen LogP contribution is 2.25. The van der Waals surface area contributed by atoms with Crippen LogP contribution in [0.5, 0.6) is 0 Å². The first kappa shape index (κ1) is 16.5. The van der Waals surface area contributed by atoms with Crippen molar-refractivity contribution < 1.29 is 0 Å². The molecule has 1 fully saturated rings. The van der Waals surface area contributed by atoms with Crippen molar-refractivity contribution in [1.29, 1.82) is 0 Å². The zero-order valence-corrected chi connectivity index (χ0v) is 15.6. The van der Waals surface area contributed by atoms with Crippen LogP contribution in [0.2, 0.25) is 0 Å². The Morgan fingerprint density at radius 2 is 2.08 bits per heavy atom. The van der Waals surface area contributed by atoms with E-state index in [-0.39, 0.29) is 0 Å². The van der Waals surface area contributed by atoms with Crippen molar-refractivity contribution in [2.24, 2.45) is 0 Å². The van der Waals surface area contributed by atoms with Crippen LogP contribution in [0.4, 0.5) is 10.8 Å². The molecule has 0 unspecified atom stereocenters. The number of rotatable bonds is 5. The van der Waals surface area contributed by atoms with Crippen molar-refractivity contribution in [3.05, 3.63) is 35.5 Å². The SMILES string of the molecule is CCc1cnc2c(Nc3cc(CN4CCCCC4)ns3)nc(C)cn12. The third-order valence-corrected chi connectivity index (χ3v) is 5.43. The topological polar surface area (TPSA) is 58.4 Å². The van der Waals surface area contributed by atoms with Crippen molar-refractivity contribution in [2.75, 3.05) is 18.4 Å². The first-order valence-corrected chi connectivity index (χ1v) is 9.79. The molecule has 1 N–H and O–H groups in total. The number of aryl methyl sites for hydroxylation is 2. The summed E-state index contributed by atoms with van der Waals surface area (Å²) in [6.07, 6.45) is 8.89. The van der Waals surface area contributed by atoms with Crippen molar-refractivity contribution in [2.45, 2.75) is 46.1 Å². The van der Waals surface area contributed by atoms with Crippen molar-refractivity contribution in [1.82, 2.24) is 23.6 Å². The Hall–Kier alpha value is -1.99. The van der Waals surface area contributed by atoms with Gasteiger partial charge in [-0.1, -0.05) is 13.3 Å². The Bertz CT molecular complexity index is 862. The highest BCUT2D eigenvalue weighted by atomic mass is 32.1. The summed E-state index contributed by atoms with van der Waals surface area (Å²) in [6.45, 7) is 7.47. The molecular formula is C18H24N6S. The van der Waals surface area contributed by atoms with Gasteiger partial charge >= 0.3 is 0 Å². The molecule has 1 aliphatic heterocycles. The van der Waals surface area contributed by atoms with Crippen LogP contribution in [0.15, 0.2) is 18.5 Å². The van der Waals surface area contributed by atoms with Crippen LogP contribution in [0, 0.1) is 6.92 Å². The van der Waals surface area contributed by atoms with E-state index >= 15 is 0 Å². The number of piperidine rings is 1. The number of imidazole rings is 1. The lowest BCUT2D eigenvalue weighted by Crippen LogP contribution is -2.29. The van der Waals surface area contributed by atoms with Gasteiger partial charge in [0, 0.05) is 24.6 Å². The van der Waals surface area contributed by atoms with Gasteiger partial charge in [-0.25, -0.2) is 9.97 Å². The van der Waals surface area contributed by atoms with E-state index < -0.39 is 0 Å². The number of likely N-dealkylation sites (tertiary alicyclic amines) is 1. The van der Waals surface area contributed by atoms with E-state index in [1.165, 1.54) is 49.6 Å². The minimum atomic E-state index is 0.799. The predicted octanol–water partition coefficient (Wildman–Crippen LogP) is 3.79. The molecule has 0 aromatic carbocycles. The van der Waals surface area contributed by atoms with E-state index in [9.17, 15) is 0 Å². The van der Waals surface area contributed by atoms with Crippen LogP contribution >= 0.6 is 11.5 Å². The Morgan fingerprint density at radius 1 is 1.24 bits per heavy atom. The van der Waals surface area contributed by atoms with E-state index in [2.05, 4.69) is 41.9 Å². The van der Waals surface area contributed by atoms with Crippen LogP contribution in [0.1, 0.15) is 43.3 Å². The van der Waals surface area contributed by atoms with Crippen LogP contribution in [0.3, 0.4) is 0 Å². The molecule has 4 rings (SSSR count). The summed E-state index contributed by atoms with van der Waals surface area (Å²) in [5, 5.41) is 4.45. The molecule has 0 amide bonds. The molecule has 25 heavy (non-hydrogen) atoms. The molecule has 132 valence electrons. The van der Waals surface area contributed by atoms with Crippen LogP contribution in [-0.4, -0.2) is 36.7 Å². The Kier molecular flexibility index (Phi) is 4.67. The van der Waals surface area contributed by atoms with Gasteiger partial charge in [0.1, 0.15) is 5.00 Å². The van der Waals surface area contributed by atoms with E-state index in [1.54, 1.807) is 0 Å². The minimum Gasteiger partial charge on any atom is -0.328 e. The first-order chi connectivity index (χ1) is 12.2. The van der Waals surface area contributed by atoms with Gasteiger partial charge in [-0.15, -0.1) is 0 Å². The molecule has 0 saturated carbocycles. The second kappa shape index (κ2) is 7.09. The number of hydrogen-bond acceptors (Lipinski definition) is 6. The van der Waals surface area contributed by atoms with Crippen LogP contribution in [0.25, 0.3) is 5.65 Å². The third kappa shape index (κ3) is 3.52. The summed E-state index contributed by atoms with van der Waals surface area (Å²) in [7, 11) is 0. The van der Waals surface area contributed by atoms with Crippen LogP contribution < -0.4 is 5.32 Å². The molecule has 0 bridgehead atoms. The molecule has 3 aromatic rings. The minimum absolute atomic E-state index is 0.799. The quantitative estimate of drug-likeness (QED) is 0.754. The van der Waals surface area contributed by atoms with Gasteiger partial charge < -0.3 is 5.32 Å². The number of aromatic nitrogens is 4. The van der Waals surface area contributed by atoms with Gasteiger partial charge in [-0.3, -0.25) is 9.30 Å². The molecule has 4 heterocycles. The van der Waals surface area contributed by atoms with Gasteiger partial charge in [0.05, 0.1) is 11.4 Å². The first-order valence-electron chi connectivity index (χ1n) is 9.01. The maximum atomic E-state index is 4.64. The lowest BCUT2D eigenvalue weighted by Gasteiger charge is -2.25. The summed E-state index contributed by atoms with van der Waals surface area (Å²) in [5.41, 5.74) is 4.17. The third-order valence-electron chi connectivity index (χ3n) is 4.69. The van der Waals surface area contributed by atoms with Gasteiger partial charge in [0.15, 0.2) is 11.5 Å². The molecule has 6 nitrogen and oxygen atoms in total. The van der Waals surface area contributed by atoms with Gasteiger partial charge in [-0.05, 0) is 56.9 Å². The zero-order chi connectivity index (χ0) is 17.2. The maximum Gasteiger partial charge on any atom is 0.180 e. The lowest BCUT2D eigenvalue weighted by atomic mass is 10.1. The normalized spacial score (nSPS) is 15.8. The Labute approximate surface area is 152 Å². The number of fused-ring (bicyclic) bond motifs is 1. The standard InChI is InChI=1S/C18H24N6S/c1-3-15-10-19-18-17(20-13(2)11-24(15)18)21-16-9-14(22-25-16)12-23-7-5-4-6-8-23/h9-11H,3-8,12H2,1-2H3,(H,20,21). The second-order valence-corrected chi connectivity index (χ2v) is 7.48. The summed E-state index contributed by atoms with van der Waals surface area (Å²) in [5.74, 6) is 0.799. The van der Waals surface area contributed by atoms with Gasteiger partial charge in [-0.2, -0.15) is 4.37 Å². The fraction of sp³-hybridized carbons (Fsp3) is 0.500. The molecule has 0 radical (unpaired) electrons.